The molecule has 2 rings (SSSR count). The van der Waals surface area contributed by atoms with Gasteiger partial charge in [0.25, 0.3) is 0 Å². The van der Waals surface area contributed by atoms with Gasteiger partial charge in [-0.1, -0.05) is 13.8 Å². The van der Waals surface area contributed by atoms with Crippen LogP contribution in [-0.2, 0) is 9.53 Å². The van der Waals surface area contributed by atoms with Crippen molar-refractivity contribution in [3.05, 3.63) is 51.7 Å². The molecular formula is C20H21NO5S. The minimum atomic E-state index is -0.975. The van der Waals surface area contributed by atoms with Gasteiger partial charge in [0.1, 0.15) is 4.88 Å². The number of ketones is 2. The Morgan fingerprint density at radius 3 is 2.04 bits per heavy atom. The van der Waals surface area contributed by atoms with Crippen LogP contribution in [0.25, 0.3) is 0 Å². The molecule has 27 heavy (non-hydrogen) atoms. The molecule has 1 atom stereocenters. The highest BCUT2D eigenvalue weighted by Gasteiger charge is 2.22. The quantitative estimate of drug-likeness (QED) is 0.573. The van der Waals surface area contributed by atoms with Crippen LogP contribution < -0.4 is 5.32 Å². The molecule has 1 heterocycles. The van der Waals surface area contributed by atoms with E-state index in [1.54, 1.807) is 44.2 Å². The van der Waals surface area contributed by atoms with Crippen molar-refractivity contribution < 1.29 is 23.9 Å². The number of carbonyl (C=O) groups is 4. The van der Waals surface area contributed by atoms with Crippen molar-refractivity contribution in [3.63, 3.8) is 0 Å². The molecule has 2 aromatic rings. The first-order valence-electron chi connectivity index (χ1n) is 8.46. The molecule has 0 fully saturated rings. The zero-order valence-electron chi connectivity index (χ0n) is 15.6. The summed E-state index contributed by atoms with van der Waals surface area (Å²) in [6.07, 6.45) is -0.975. The van der Waals surface area contributed by atoms with Gasteiger partial charge in [0.2, 0.25) is 11.7 Å². The third kappa shape index (κ3) is 5.34. The Morgan fingerprint density at radius 1 is 0.926 bits per heavy atom. The van der Waals surface area contributed by atoms with E-state index in [0.717, 1.165) is 11.3 Å². The number of anilines is 1. The number of hydrogen-bond donors (Lipinski definition) is 1. The van der Waals surface area contributed by atoms with E-state index in [1.165, 1.54) is 19.9 Å². The second-order valence-electron chi connectivity index (χ2n) is 6.35. The fraction of sp³-hybridized carbons (Fsp3) is 0.300. The number of rotatable bonds is 7. The van der Waals surface area contributed by atoms with Crippen molar-refractivity contribution in [2.45, 2.75) is 33.8 Å². The number of thiophene rings is 1. The molecule has 0 bridgehead atoms. The largest absolute Gasteiger partial charge is 0.450 e. The molecule has 1 aromatic carbocycles. The third-order valence-corrected chi connectivity index (χ3v) is 4.93. The number of Topliss-reactive ketones (excluding diaryl/α,β-unsaturated/α-hetero) is 2. The van der Waals surface area contributed by atoms with Gasteiger partial charge in [0, 0.05) is 17.2 Å². The molecule has 0 radical (unpaired) electrons. The highest BCUT2D eigenvalue weighted by molar-refractivity contribution is 7.15. The molecule has 0 saturated carbocycles. The maximum Gasteiger partial charge on any atom is 0.349 e. The minimum absolute atomic E-state index is 0.114. The molecule has 0 aliphatic heterocycles. The number of amides is 1. The van der Waals surface area contributed by atoms with E-state index < -0.39 is 12.1 Å². The third-order valence-electron chi connectivity index (χ3n) is 3.77. The summed E-state index contributed by atoms with van der Waals surface area (Å²) in [5.74, 6) is -1.39. The van der Waals surface area contributed by atoms with Crippen LogP contribution >= 0.6 is 11.3 Å². The highest BCUT2D eigenvalue weighted by atomic mass is 32.1. The van der Waals surface area contributed by atoms with Gasteiger partial charge < -0.3 is 10.1 Å². The zero-order chi connectivity index (χ0) is 20.1. The smallest absolute Gasteiger partial charge is 0.349 e. The molecule has 142 valence electrons. The predicted molar refractivity (Wildman–Crippen MR) is 103 cm³/mol. The van der Waals surface area contributed by atoms with Gasteiger partial charge in [-0.25, -0.2) is 4.79 Å². The van der Waals surface area contributed by atoms with E-state index in [-0.39, 0.29) is 28.3 Å². The van der Waals surface area contributed by atoms with Crippen molar-refractivity contribution >= 4 is 40.5 Å². The Bertz CT molecular complexity index is 867. The summed E-state index contributed by atoms with van der Waals surface area (Å²) in [5, 5.41) is 2.74. The highest BCUT2D eigenvalue weighted by Crippen LogP contribution is 2.19. The fourth-order valence-electron chi connectivity index (χ4n) is 2.15. The molecule has 1 unspecified atom stereocenters. The van der Waals surface area contributed by atoms with Crippen LogP contribution in [0.4, 0.5) is 5.69 Å². The van der Waals surface area contributed by atoms with E-state index in [1.807, 2.05) is 0 Å². The van der Waals surface area contributed by atoms with Crippen molar-refractivity contribution in [1.82, 2.24) is 0 Å². The molecule has 0 aliphatic carbocycles. The molecular weight excluding hydrogens is 366 g/mol. The van der Waals surface area contributed by atoms with E-state index in [2.05, 4.69) is 5.32 Å². The number of ether oxygens (including phenoxy) is 1. The lowest BCUT2D eigenvalue weighted by molar-refractivity contribution is -0.118. The fourth-order valence-corrected chi connectivity index (χ4v) is 2.93. The monoisotopic (exact) mass is 387 g/mol. The van der Waals surface area contributed by atoms with Crippen molar-refractivity contribution in [2.75, 3.05) is 5.32 Å². The minimum Gasteiger partial charge on any atom is -0.450 e. The summed E-state index contributed by atoms with van der Waals surface area (Å²) in [7, 11) is 0. The van der Waals surface area contributed by atoms with Crippen LogP contribution in [0.2, 0.25) is 0 Å². The van der Waals surface area contributed by atoms with Crippen molar-refractivity contribution in [1.29, 1.82) is 0 Å². The molecule has 1 N–H and O–H groups in total. The summed E-state index contributed by atoms with van der Waals surface area (Å²) in [6.45, 7) is 6.49. The lowest BCUT2D eigenvalue weighted by Gasteiger charge is -2.12. The van der Waals surface area contributed by atoms with Crippen LogP contribution in [0, 0.1) is 5.92 Å². The Labute approximate surface area is 161 Å². The van der Waals surface area contributed by atoms with Gasteiger partial charge in [0.15, 0.2) is 11.9 Å². The molecule has 1 amide bonds. The summed E-state index contributed by atoms with van der Waals surface area (Å²) >= 11 is 1.03. The zero-order valence-corrected chi connectivity index (χ0v) is 16.4. The van der Waals surface area contributed by atoms with Crippen LogP contribution in [0.5, 0.6) is 0 Å². The van der Waals surface area contributed by atoms with E-state index in [9.17, 15) is 19.2 Å². The molecule has 6 nitrogen and oxygen atoms in total. The second-order valence-corrected chi connectivity index (χ2v) is 7.44. The number of carbonyl (C=O) groups excluding carboxylic acids is 4. The Morgan fingerprint density at radius 2 is 1.52 bits per heavy atom. The normalized spacial score (nSPS) is 11.7. The summed E-state index contributed by atoms with van der Waals surface area (Å²) in [6, 6.07) is 9.46. The van der Waals surface area contributed by atoms with Crippen LogP contribution in [0.15, 0.2) is 36.4 Å². The number of esters is 1. The molecule has 0 aliphatic rings. The van der Waals surface area contributed by atoms with Gasteiger partial charge >= 0.3 is 5.97 Å². The second kappa shape index (κ2) is 8.73. The van der Waals surface area contributed by atoms with Gasteiger partial charge in [0.05, 0.1) is 4.88 Å². The number of benzene rings is 1. The summed E-state index contributed by atoms with van der Waals surface area (Å²) < 4.78 is 5.21. The topological polar surface area (TPSA) is 89.5 Å². The summed E-state index contributed by atoms with van der Waals surface area (Å²) in [4.78, 5) is 48.3. The lowest BCUT2D eigenvalue weighted by atomic mass is 10.1. The molecule has 0 spiro atoms. The Balaban J connectivity index is 2.00. The maximum atomic E-state index is 12.5. The number of nitrogens with one attached hydrogen (secondary N) is 1. The first-order chi connectivity index (χ1) is 12.7. The van der Waals surface area contributed by atoms with Crippen molar-refractivity contribution in [2.24, 2.45) is 5.92 Å². The molecule has 7 heteroatoms. The van der Waals surface area contributed by atoms with Crippen molar-refractivity contribution in [3.8, 4) is 0 Å². The van der Waals surface area contributed by atoms with Crippen LogP contribution in [0.1, 0.15) is 57.4 Å². The van der Waals surface area contributed by atoms with E-state index >= 15 is 0 Å². The van der Waals surface area contributed by atoms with Gasteiger partial charge in [-0.2, -0.15) is 0 Å². The van der Waals surface area contributed by atoms with Gasteiger partial charge in [-0.15, -0.1) is 11.3 Å². The SMILES string of the molecule is CC(=O)c1ccc(C(=O)OC(C)C(=O)c2ccc(NC(=O)C(C)C)cc2)s1. The van der Waals surface area contributed by atoms with E-state index in [0.29, 0.717) is 16.1 Å². The maximum absolute atomic E-state index is 12.5. The van der Waals surface area contributed by atoms with Crippen LogP contribution in [-0.4, -0.2) is 29.5 Å². The van der Waals surface area contributed by atoms with Crippen LogP contribution in [0.3, 0.4) is 0 Å². The Hall–Kier alpha value is -2.80. The standard InChI is InChI=1S/C20H21NO5S/c1-11(2)19(24)21-15-7-5-14(6-8-15)18(23)13(4)26-20(25)17-10-9-16(27-17)12(3)22/h5-11,13H,1-4H3,(H,21,24). The first kappa shape index (κ1) is 20.5. The Kier molecular flexibility index (Phi) is 6.63. The molecule has 0 saturated heterocycles. The first-order valence-corrected chi connectivity index (χ1v) is 9.27. The lowest BCUT2D eigenvalue weighted by Crippen LogP contribution is -2.24. The van der Waals surface area contributed by atoms with E-state index in [4.69, 9.17) is 4.74 Å². The average molecular weight is 387 g/mol. The number of hydrogen-bond acceptors (Lipinski definition) is 6. The molecule has 1 aromatic heterocycles. The average Bonchev–Trinajstić information content (AvgIpc) is 3.12. The predicted octanol–water partition coefficient (Wildman–Crippen LogP) is 3.97. The van der Waals surface area contributed by atoms with Gasteiger partial charge in [-0.05, 0) is 50.2 Å². The summed E-state index contributed by atoms with van der Waals surface area (Å²) in [5.41, 5.74) is 0.957. The van der Waals surface area contributed by atoms with Gasteiger partial charge in [-0.3, -0.25) is 14.4 Å².